The molecule has 0 radical (unpaired) electrons. The summed E-state index contributed by atoms with van der Waals surface area (Å²) >= 11 is 0. The predicted octanol–water partition coefficient (Wildman–Crippen LogP) is 2.70. The molecule has 1 N–H and O–H groups in total. The minimum absolute atomic E-state index is 0.0547. The Labute approximate surface area is 123 Å². The van der Waals surface area contributed by atoms with E-state index in [1.165, 1.54) is 12.8 Å². The molecule has 1 rings (SSSR count). The fourth-order valence-corrected chi connectivity index (χ4v) is 2.79. The molecule has 114 valence electrons. The summed E-state index contributed by atoms with van der Waals surface area (Å²) in [6, 6.07) is 2.34. The van der Waals surface area contributed by atoms with Crippen LogP contribution in [-0.4, -0.2) is 36.5 Å². The molecule has 1 saturated heterocycles. The lowest BCUT2D eigenvalue weighted by Gasteiger charge is -2.36. The number of piperidine rings is 1. The maximum absolute atomic E-state index is 12.2. The van der Waals surface area contributed by atoms with Gasteiger partial charge in [-0.2, -0.15) is 5.26 Å². The third kappa shape index (κ3) is 5.13. The Kier molecular flexibility index (Phi) is 7.01. The summed E-state index contributed by atoms with van der Waals surface area (Å²) in [5.41, 5.74) is -0.632. The van der Waals surface area contributed by atoms with Crippen LogP contribution in [0.4, 0.5) is 0 Å². The standard InChI is InChI=1S/C16H29N3O/c1-4-6-7-14(5-2)12-15(20)18-16(13-17)8-10-19(3)11-9-16/h14H,4-12H2,1-3H3,(H,18,20)/t14-/m1/s1. The van der Waals surface area contributed by atoms with Gasteiger partial charge in [0.25, 0.3) is 0 Å². The van der Waals surface area contributed by atoms with Crippen molar-refractivity contribution in [3.8, 4) is 6.07 Å². The van der Waals surface area contributed by atoms with Crippen molar-refractivity contribution >= 4 is 5.91 Å². The van der Waals surface area contributed by atoms with Crippen LogP contribution in [0.3, 0.4) is 0 Å². The van der Waals surface area contributed by atoms with Gasteiger partial charge in [-0.25, -0.2) is 0 Å². The van der Waals surface area contributed by atoms with Crippen LogP contribution in [0, 0.1) is 17.2 Å². The number of nitrogens with zero attached hydrogens (tertiary/aromatic N) is 2. The Morgan fingerprint density at radius 3 is 2.55 bits per heavy atom. The fourth-order valence-electron chi connectivity index (χ4n) is 2.79. The normalized spacial score (nSPS) is 20.1. The molecule has 4 nitrogen and oxygen atoms in total. The summed E-state index contributed by atoms with van der Waals surface area (Å²) in [5, 5.41) is 12.4. The van der Waals surface area contributed by atoms with Crippen LogP contribution in [-0.2, 0) is 4.79 Å². The average Bonchev–Trinajstić information content (AvgIpc) is 2.46. The van der Waals surface area contributed by atoms with Crippen molar-refractivity contribution < 1.29 is 4.79 Å². The summed E-state index contributed by atoms with van der Waals surface area (Å²) in [7, 11) is 2.06. The van der Waals surface area contributed by atoms with Crippen molar-refractivity contribution in [3.63, 3.8) is 0 Å². The van der Waals surface area contributed by atoms with E-state index in [2.05, 4.69) is 37.2 Å². The summed E-state index contributed by atoms with van der Waals surface area (Å²) < 4.78 is 0. The topological polar surface area (TPSA) is 56.1 Å². The van der Waals surface area contributed by atoms with Gasteiger partial charge < -0.3 is 10.2 Å². The number of hydrogen-bond acceptors (Lipinski definition) is 3. The minimum atomic E-state index is -0.632. The first-order chi connectivity index (χ1) is 9.55. The Balaban J connectivity index is 2.49. The number of likely N-dealkylation sites (tertiary alicyclic amines) is 1. The smallest absolute Gasteiger partial charge is 0.221 e. The third-order valence-corrected chi connectivity index (χ3v) is 4.45. The van der Waals surface area contributed by atoms with E-state index in [9.17, 15) is 10.1 Å². The number of rotatable bonds is 7. The van der Waals surface area contributed by atoms with Crippen molar-refractivity contribution in [2.45, 2.75) is 64.3 Å². The summed E-state index contributed by atoms with van der Waals surface area (Å²) in [4.78, 5) is 14.4. The number of hydrogen-bond donors (Lipinski definition) is 1. The number of unbranched alkanes of at least 4 members (excludes halogenated alkanes) is 1. The molecule has 0 unspecified atom stereocenters. The van der Waals surface area contributed by atoms with Crippen molar-refractivity contribution in [1.29, 1.82) is 5.26 Å². The van der Waals surface area contributed by atoms with Gasteiger partial charge in [-0.05, 0) is 32.2 Å². The molecule has 0 aliphatic carbocycles. The highest BCUT2D eigenvalue weighted by Crippen LogP contribution is 2.22. The Morgan fingerprint density at radius 2 is 2.05 bits per heavy atom. The second-order valence-corrected chi connectivity index (χ2v) is 6.17. The first-order valence-electron chi connectivity index (χ1n) is 7.96. The summed E-state index contributed by atoms with van der Waals surface area (Å²) in [6.07, 6.45) is 6.54. The molecule has 20 heavy (non-hydrogen) atoms. The van der Waals surface area contributed by atoms with Gasteiger partial charge in [0.2, 0.25) is 5.91 Å². The van der Waals surface area contributed by atoms with E-state index in [-0.39, 0.29) is 5.91 Å². The van der Waals surface area contributed by atoms with Gasteiger partial charge in [-0.15, -0.1) is 0 Å². The third-order valence-electron chi connectivity index (χ3n) is 4.45. The van der Waals surface area contributed by atoms with Gasteiger partial charge in [0.05, 0.1) is 6.07 Å². The van der Waals surface area contributed by atoms with Crippen LogP contribution >= 0.6 is 0 Å². The molecule has 0 aromatic rings. The molecule has 0 saturated carbocycles. The van der Waals surface area contributed by atoms with Crippen LogP contribution in [0.2, 0.25) is 0 Å². The molecule has 1 heterocycles. The Bertz CT molecular complexity index is 340. The molecule has 4 heteroatoms. The lowest BCUT2D eigenvalue weighted by atomic mass is 9.88. The highest BCUT2D eigenvalue weighted by atomic mass is 16.1. The number of carbonyl (C=O) groups is 1. The van der Waals surface area contributed by atoms with Crippen molar-refractivity contribution in [3.05, 3.63) is 0 Å². The molecular formula is C16H29N3O. The number of nitrogens with one attached hydrogen (secondary N) is 1. The van der Waals surface area contributed by atoms with Crippen LogP contribution < -0.4 is 5.32 Å². The van der Waals surface area contributed by atoms with E-state index in [4.69, 9.17) is 0 Å². The lowest BCUT2D eigenvalue weighted by Crippen LogP contribution is -2.54. The SMILES string of the molecule is CCCC[C@@H](CC)CC(=O)NC1(C#N)CCN(C)CC1. The van der Waals surface area contributed by atoms with Crippen LogP contribution in [0.1, 0.15) is 58.8 Å². The van der Waals surface area contributed by atoms with Gasteiger partial charge in [0.15, 0.2) is 0 Å². The molecule has 1 aliphatic rings. The van der Waals surface area contributed by atoms with Crippen LogP contribution in [0.5, 0.6) is 0 Å². The first kappa shape index (κ1) is 17.0. The fraction of sp³-hybridized carbons (Fsp3) is 0.875. The maximum atomic E-state index is 12.2. The number of nitriles is 1. The molecular weight excluding hydrogens is 250 g/mol. The minimum Gasteiger partial charge on any atom is -0.338 e. The second-order valence-electron chi connectivity index (χ2n) is 6.17. The Morgan fingerprint density at radius 1 is 1.40 bits per heavy atom. The average molecular weight is 279 g/mol. The number of carbonyl (C=O) groups excluding carboxylic acids is 1. The maximum Gasteiger partial charge on any atom is 0.221 e. The van der Waals surface area contributed by atoms with Gasteiger partial charge in [0.1, 0.15) is 5.54 Å². The molecule has 1 atom stereocenters. The van der Waals surface area contributed by atoms with Crippen LogP contribution in [0.15, 0.2) is 0 Å². The molecule has 0 spiro atoms. The molecule has 1 amide bonds. The molecule has 0 aromatic carbocycles. The molecule has 0 bridgehead atoms. The monoisotopic (exact) mass is 279 g/mol. The lowest BCUT2D eigenvalue weighted by molar-refractivity contribution is -0.123. The molecule has 1 fully saturated rings. The first-order valence-corrected chi connectivity index (χ1v) is 7.96. The van der Waals surface area contributed by atoms with Gasteiger partial charge in [-0.3, -0.25) is 4.79 Å². The van der Waals surface area contributed by atoms with E-state index in [1.54, 1.807) is 0 Å². The van der Waals surface area contributed by atoms with E-state index in [1.807, 2.05) is 0 Å². The van der Waals surface area contributed by atoms with Crippen molar-refractivity contribution in [2.75, 3.05) is 20.1 Å². The van der Waals surface area contributed by atoms with Gasteiger partial charge in [0, 0.05) is 19.5 Å². The quantitative estimate of drug-likeness (QED) is 0.779. The summed E-state index contributed by atoms with van der Waals surface area (Å²) in [6.45, 7) is 6.07. The highest BCUT2D eigenvalue weighted by Gasteiger charge is 2.35. The van der Waals surface area contributed by atoms with E-state index in [0.29, 0.717) is 12.3 Å². The number of amides is 1. The predicted molar refractivity (Wildman–Crippen MR) is 81.1 cm³/mol. The Hall–Kier alpha value is -1.08. The van der Waals surface area contributed by atoms with Crippen LogP contribution in [0.25, 0.3) is 0 Å². The van der Waals surface area contributed by atoms with Gasteiger partial charge in [-0.1, -0.05) is 33.1 Å². The van der Waals surface area contributed by atoms with E-state index >= 15 is 0 Å². The zero-order chi connectivity index (χ0) is 15.0. The van der Waals surface area contributed by atoms with E-state index in [0.717, 1.165) is 38.8 Å². The zero-order valence-corrected chi connectivity index (χ0v) is 13.2. The van der Waals surface area contributed by atoms with Gasteiger partial charge >= 0.3 is 0 Å². The summed E-state index contributed by atoms with van der Waals surface area (Å²) in [5.74, 6) is 0.510. The molecule has 1 aliphatic heterocycles. The van der Waals surface area contributed by atoms with E-state index < -0.39 is 5.54 Å². The molecule has 0 aromatic heterocycles. The highest BCUT2D eigenvalue weighted by molar-refractivity contribution is 5.77. The largest absolute Gasteiger partial charge is 0.338 e. The van der Waals surface area contributed by atoms with Crippen molar-refractivity contribution in [1.82, 2.24) is 10.2 Å². The zero-order valence-electron chi connectivity index (χ0n) is 13.2. The van der Waals surface area contributed by atoms with Crippen molar-refractivity contribution in [2.24, 2.45) is 5.92 Å². The second kappa shape index (κ2) is 8.26.